The summed E-state index contributed by atoms with van der Waals surface area (Å²) in [4.78, 5) is 0.380. The van der Waals surface area contributed by atoms with Crippen molar-refractivity contribution in [3.63, 3.8) is 0 Å². The highest BCUT2D eigenvalue weighted by molar-refractivity contribution is 7.99. The molecule has 0 aromatic heterocycles. The van der Waals surface area contributed by atoms with Crippen LogP contribution < -0.4 is 4.72 Å². The van der Waals surface area contributed by atoms with Gasteiger partial charge in [-0.2, -0.15) is 11.8 Å². The van der Waals surface area contributed by atoms with Crippen LogP contribution in [0.2, 0.25) is 0 Å². The van der Waals surface area contributed by atoms with Gasteiger partial charge in [-0.15, -0.1) is 0 Å². The zero-order chi connectivity index (χ0) is 15.6. The van der Waals surface area contributed by atoms with Gasteiger partial charge in [0.25, 0.3) is 0 Å². The van der Waals surface area contributed by atoms with Crippen LogP contribution in [0.25, 0.3) is 0 Å². The van der Waals surface area contributed by atoms with E-state index in [1.807, 2.05) is 23.9 Å². The molecule has 3 rings (SSSR count). The van der Waals surface area contributed by atoms with E-state index in [9.17, 15) is 8.42 Å². The number of rotatable bonds is 5. The highest BCUT2D eigenvalue weighted by Crippen LogP contribution is 2.31. The summed E-state index contributed by atoms with van der Waals surface area (Å²) in [6.07, 6.45) is 5.28. The maximum atomic E-state index is 12.6. The second-order valence-electron chi connectivity index (χ2n) is 6.15. The number of nitrogens with one attached hydrogen (secondary N) is 1. The van der Waals surface area contributed by atoms with E-state index >= 15 is 0 Å². The van der Waals surface area contributed by atoms with Crippen LogP contribution >= 0.6 is 11.8 Å². The van der Waals surface area contributed by atoms with Crippen LogP contribution in [0.1, 0.15) is 30.4 Å². The van der Waals surface area contributed by atoms with Gasteiger partial charge in [-0.25, -0.2) is 13.1 Å². The molecule has 0 bridgehead atoms. The Balaban J connectivity index is 1.75. The molecule has 1 saturated heterocycles. The number of hydrogen-bond acceptors (Lipinski definition) is 4. The topological polar surface area (TPSA) is 55.4 Å². The molecule has 1 aromatic carbocycles. The van der Waals surface area contributed by atoms with E-state index < -0.39 is 10.0 Å². The van der Waals surface area contributed by atoms with E-state index in [1.54, 1.807) is 13.2 Å². The molecule has 1 aromatic rings. The van der Waals surface area contributed by atoms with Crippen molar-refractivity contribution in [3.8, 4) is 0 Å². The lowest BCUT2D eigenvalue weighted by molar-refractivity contribution is 0.0179. The fourth-order valence-electron chi connectivity index (χ4n) is 3.15. The number of benzene rings is 1. The molecule has 4 nitrogen and oxygen atoms in total. The molecule has 122 valence electrons. The summed E-state index contributed by atoms with van der Waals surface area (Å²) in [6, 6.07) is 5.55. The Labute approximate surface area is 137 Å². The van der Waals surface area contributed by atoms with Gasteiger partial charge < -0.3 is 4.74 Å². The molecule has 6 heteroatoms. The molecule has 0 spiro atoms. The average Bonchev–Trinajstić information content (AvgIpc) is 3.02. The second-order valence-corrected chi connectivity index (χ2v) is 9.02. The van der Waals surface area contributed by atoms with E-state index in [1.165, 1.54) is 17.5 Å². The standard InChI is InChI=1S/C16H23NO3S2/c1-20-16(8-9-21-12-16)11-17-22(18,19)15-7-6-13-4-2-3-5-14(13)10-15/h6-7,10,17H,2-5,8-9,11-12H2,1H3/t16-/m1/s1. The Hall–Kier alpha value is -0.560. The van der Waals surface area contributed by atoms with E-state index in [2.05, 4.69) is 4.72 Å². The minimum absolute atomic E-state index is 0.343. The zero-order valence-electron chi connectivity index (χ0n) is 12.9. The van der Waals surface area contributed by atoms with E-state index in [4.69, 9.17) is 4.74 Å². The van der Waals surface area contributed by atoms with Crippen LogP contribution in [-0.4, -0.2) is 39.2 Å². The third-order valence-corrected chi connectivity index (χ3v) is 7.34. The van der Waals surface area contributed by atoms with Crippen molar-refractivity contribution in [1.29, 1.82) is 0 Å². The van der Waals surface area contributed by atoms with Crippen LogP contribution in [0, 0.1) is 0 Å². The van der Waals surface area contributed by atoms with Crippen molar-refractivity contribution < 1.29 is 13.2 Å². The fourth-order valence-corrected chi connectivity index (χ4v) is 5.71. The first-order valence-electron chi connectivity index (χ1n) is 7.79. The number of fused-ring (bicyclic) bond motifs is 1. The first-order chi connectivity index (χ1) is 10.5. The van der Waals surface area contributed by atoms with Gasteiger partial charge in [0.1, 0.15) is 0 Å². The van der Waals surface area contributed by atoms with Gasteiger partial charge in [-0.05, 0) is 61.1 Å². The van der Waals surface area contributed by atoms with Gasteiger partial charge in [0.05, 0.1) is 10.5 Å². The number of thioether (sulfide) groups is 1. The highest BCUT2D eigenvalue weighted by atomic mass is 32.2. The van der Waals surface area contributed by atoms with Gasteiger partial charge in [0, 0.05) is 19.4 Å². The molecule has 1 fully saturated rings. The summed E-state index contributed by atoms with van der Waals surface area (Å²) in [5.74, 6) is 1.87. The Morgan fingerprint density at radius 3 is 2.73 bits per heavy atom. The third-order valence-electron chi connectivity index (χ3n) is 4.71. The lowest BCUT2D eigenvalue weighted by Gasteiger charge is -2.26. The minimum Gasteiger partial charge on any atom is -0.376 e. The van der Waals surface area contributed by atoms with Crippen LogP contribution in [0.5, 0.6) is 0 Å². The van der Waals surface area contributed by atoms with Crippen molar-refractivity contribution in [1.82, 2.24) is 4.72 Å². The first-order valence-corrected chi connectivity index (χ1v) is 10.4. The monoisotopic (exact) mass is 341 g/mol. The van der Waals surface area contributed by atoms with E-state index in [0.717, 1.165) is 37.2 Å². The number of sulfonamides is 1. The lowest BCUT2D eigenvalue weighted by Crippen LogP contribution is -2.44. The van der Waals surface area contributed by atoms with Crippen molar-refractivity contribution in [2.24, 2.45) is 0 Å². The Morgan fingerprint density at radius 2 is 2.05 bits per heavy atom. The van der Waals surface area contributed by atoms with Gasteiger partial charge in [-0.3, -0.25) is 0 Å². The molecular formula is C16H23NO3S2. The van der Waals surface area contributed by atoms with Crippen LogP contribution in [0.4, 0.5) is 0 Å². The van der Waals surface area contributed by atoms with E-state index in [0.29, 0.717) is 11.4 Å². The molecule has 0 unspecified atom stereocenters. The molecule has 1 atom stereocenters. The maximum absolute atomic E-state index is 12.6. The number of aryl methyl sites for hydroxylation is 2. The molecule has 0 amide bonds. The molecule has 0 saturated carbocycles. The minimum atomic E-state index is -3.47. The summed E-state index contributed by atoms with van der Waals surface area (Å²) in [6.45, 7) is 0.343. The number of methoxy groups -OCH3 is 1. The largest absolute Gasteiger partial charge is 0.376 e. The quantitative estimate of drug-likeness (QED) is 0.893. The number of hydrogen-bond donors (Lipinski definition) is 1. The number of ether oxygens (including phenoxy) is 1. The van der Waals surface area contributed by atoms with Crippen molar-refractivity contribution in [2.75, 3.05) is 25.2 Å². The van der Waals surface area contributed by atoms with Crippen molar-refractivity contribution in [2.45, 2.75) is 42.6 Å². The Morgan fingerprint density at radius 1 is 1.27 bits per heavy atom. The Kier molecular flexibility index (Phi) is 4.83. The molecule has 1 N–H and O–H groups in total. The first kappa shape index (κ1) is 16.3. The highest BCUT2D eigenvalue weighted by Gasteiger charge is 2.35. The molecule has 0 radical (unpaired) electrons. The van der Waals surface area contributed by atoms with Crippen LogP contribution in [-0.2, 0) is 27.6 Å². The molecule has 1 aliphatic heterocycles. The summed E-state index contributed by atoms with van der Waals surface area (Å²) >= 11 is 1.81. The van der Waals surface area contributed by atoms with Gasteiger partial charge in [0.2, 0.25) is 10.0 Å². The fraction of sp³-hybridized carbons (Fsp3) is 0.625. The predicted octanol–water partition coefficient (Wildman–Crippen LogP) is 2.37. The molecule has 2 aliphatic rings. The van der Waals surface area contributed by atoms with Gasteiger partial charge in [-0.1, -0.05) is 6.07 Å². The summed E-state index contributed by atoms with van der Waals surface area (Å²) in [5, 5.41) is 0. The lowest BCUT2D eigenvalue weighted by atomic mass is 9.92. The Bertz CT molecular complexity index is 637. The van der Waals surface area contributed by atoms with Crippen molar-refractivity contribution in [3.05, 3.63) is 29.3 Å². The summed E-state index contributed by atoms with van der Waals surface area (Å²) < 4.78 is 33.4. The predicted molar refractivity (Wildman–Crippen MR) is 90.0 cm³/mol. The van der Waals surface area contributed by atoms with Crippen LogP contribution in [0.15, 0.2) is 23.1 Å². The normalized spacial score (nSPS) is 25.1. The third kappa shape index (κ3) is 3.35. The smallest absolute Gasteiger partial charge is 0.240 e. The molecule has 1 aliphatic carbocycles. The van der Waals surface area contributed by atoms with Gasteiger partial charge >= 0.3 is 0 Å². The summed E-state index contributed by atoms with van der Waals surface area (Å²) in [7, 11) is -1.80. The SMILES string of the molecule is CO[C@@]1(CNS(=O)(=O)c2ccc3c(c2)CCCC3)CCSC1. The van der Waals surface area contributed by atoms with E-state index in [-0.39, 0.29) is 5.60 Å². The van der Waals surface area contributed by atoms with Gasteiger partial charge in [0.15, 0.2) is 0 Å². The second kappa shape index (κ2) is 6.51. The maximum Gasteiger partial charge on any atom is 0.240 e. The van der Waals surface area contributed by atoms with Crippen molar-refractivity contribution >= 4 is 21.8 Å². The van der Waals surface area contributed by atoms with Crippen LogP contribution in [0.3, 0.4) is 0 Å². The average molecular weight is 341 g/mol. The molecular weight excluding hydrogens is 318 g/mol. The molecule has 1 heterocycles. The zero-order valence-corrected chi connectivity index (χ0v) is 14.6. The summed E-state index contributed by atoms with van der Waals surface area (Å²) in [5.41, 5.74) is 2.13. The molecule has 22 heavy (non-hydrogen) atoms.